The van der Waals surface area contributed by atoms with Gasteiger partial charge in [0.1, 0.15) is 5.82 Å². The van der Waals surface area contributed by atoms with Gasteiger partial charge in [-0.1, -0.05) is 15.9 Å². The number of carbonyl (C=O) groups excluding carboxylic acids is 1. The molecule has 0 fully saturated rings. The third-order valence-corrected chi connectivity index (χ3v) is 2.65. The van der Waals surface area contributed by atoms with Crippen molar-refractivity contribution in [3.05, 3.63) is 35.1 Å². The summed E-state index contributed by atoms with van der Waals surface area (Å²) in [5.74, 6) is -1.74. The zero-order valence-electron chi connectivity index (χ0n) is 9.39. The molecule has 0 aliphatic carbocycles. The molecule has 1 amide bonds. The first-order valence-electron chi connectivity index (χ1n) is 4.95. The van der Waals surface area contributed by atoms with Crippen LogP contribution in [0.5, 0.6) is 0 Å². The normalized spacial score (nSPS) is 11.4. The van der Waals surface area contributed by atoms with Crippen LogP contribution in [-0.4, -0.2) is 29.7 Å². The molecule has 1 aromatic carbocycles. The van der Waals surface area contributed by atoms with Crippen LogP contribution in [0.25, 0.3) is 0 Å². The predicted molar refractivity (Wildman–Crippen MR) is 62.2 cm³/mol. The van der Waals surface area contributed by atoms with E-state index in [2.05, 4.69) is 15.9 Å². The second-order valence-corrected chi connectivity index (χ2v) is 4.40. The summed E-state index contributed by atoms with van der Waals surface area (Å²) < 4.78 is 50.8. The van der Waals surface area contributed by atoms with Crippen LogP contribution >= 0.6 is 15.9 Å². The Morgan fingerprint density at radius 3 is 2.50 bits per heavy atom. The van der Waals surface area contributed by atoms with Gasteiger partial charge < -0.3 is 4.90 Å². The van der Waals surface area contributed by atoms with Crippen molar-refractivity contribution >= 4 is 21.8 Å². The highest BCUT2D eigenvalue weighted by atomic mass is 79.9. The number of amides is 1. The standard InChI is InChI=1S/C11H10BrF4NO/c1-17(5-4-12)10(18)8-6-7(11(14,15)16)2-3-9(8)13/h2-3,6H,4-5H2,1H3. The maximum atomic E-state index is 13.4. The fraction of sp³-hybridized carbons (Fsp3) is 0.364. The first-order chi connectivity index (χ1) is 8.27. The first-order valence-corrected chi connectivity index (χ1v) is 6.07. The van der Waals surface area contributed by atoms with Gasteiger partial charge in [0, 0.05) is 18.9 Å². The van der Waals surface area contributed by atoms with E-state index in [0.29, 0.717) is 23.5 Å². The minimum absolute atomic E-state index is 0.272. The number of nitrogens with zero attached hydrogens (tertiary/aromatic N) is 1. The van der Waals surface area contributed by atoms with Crippen molar-refractivity contribution in [3.8, 4) is 0 Å². The Bertz CT molecular complexity index is 447. The average Bonchev–Trinajstić information content (AvgIpc) is 2.27. The molecule has 0 aromatic heterocycles. The van der Waals surface area contributed by atoms with Gasteiger partial charge in [-0.3, -0.25) is 4.79 Å². The summed E-state index contributed by atoms with van der Waals surface area (Å²) in [6.45, 7) is 0.272. The minimum Gasteiger partial charge on any atom is -0.341 e. The zero-order chi connectivity index (χ0) is 13.9. The second kappa shape index (κ2) is 5.69. The Morgan fingerprint density at radius 2 is 2.00 bits per heavy atom. The van der Waals surface area contributed by atoms with Crippen LogP contribution in [0, 0.1) is 5.82 Å². The van der Waals surface area contributed by atoms with Crippen LogP contribution < -0.4 is 0 Å². The number of carbonyl (C=O) groups is 1. The van der Waals surface area contributed by atoms with Gasteiger partial charge in [0.2, 0.25) is 0 Å². The molecule has 0 saturated heterocycles. The lowest BCUT2D eigenvalue weighted by molar-refractivity contribution is -0.137. The Balaban J connectivity index is 3.12. The third-order valence-electron chi connectivity index (χ3n) is 2.29. The summed E-state index contributed by atoms with van der Waals surface area (Å²) in [7, 11) is 1.39. The molecule has 0 bridgehead atoms. The van der Waals surface area contributed by atoms with Crippen LogP contribution in [-0.2, 0) is 6.18 Å². The Morgan fingerprint density at radius 1 is 1.39 bits per heavy atom. The smallest absolute Gasteiger partial charge is 0.341 e. The SMILES string of the molecule is CN(CCBr)C(=O)c1cc(C(F)(F)F)ccc1F. The molecule has 100 valence electrons. The van der Waals surface area contributed by atoms with Crippen molar-refractivity contribution in [1.29, 1.82) is 0 Å². The molecule has 0 spiro atoms. The second-order valence-electron chi connectivity index (χ2n) is 3.61. The molecule has 0 N–H and O–H groups in total. The number of rotatable bonds is 3. The number of hydrogen-bond acceptors (Lipinski definition) is 1. The summed E-state index contributed by atoms with van der Waals surface area (Å²) in [5, 5.41) is 0.454. The minimum atomic E-state index is -4.60. The lowest BCUT2D eigenvalue weighted by atomic mass is 10.1. The summed E-state index contributed by atoms with van der Waals surface area (Å²) in [6, 6.07) is 1.79. The molecule has 0 unspecified atom stereocenters. The number of hydrogen-bond donors (Lipinski definition) is 0. The Kier molecular flexibility index (Phi) is 4.72. The van der Waals surface area contributed by atoms with E-state index in [1.54, 1.807) is 0 Å². The highest BCUT2D eigenvalue weighted by molar-refractivity contribution is 9.09. The van der Waals surface area contributed by atoms with Crippen LogP contribution in [0.15, 0.2) is 18.2 Å². The van der Waals surface area contributed by atoms with Gasteiger partial charge in [0.25, 0.3) is 5.91 Å². The highest BCUT2D eigenvalue weighted by Gasteiger charge is 2.32. The van der Waals surface area contributed by atoms with Crippen molar-refractivity contribution in [3.63, 3.8) is 0 Å². The molecule has 7 heteroatoms. The van der Waals surface area contributed by atoms with Crippen LogP contribution in [0.3, 0.4) is 0 Å². The molecule has 2 nitrogen and oxygen atoms in total. The first kappa shape index (κ1) is 14.9. The van der Waals surface area contributed by atoms with Gasteiger partial charge in [-0.25, -0.2) is 4.39 Å². The summed E-state index contributed by atoms with van der Waals surface area (Å²) in [5.41, 5.74) is -1.62. The third kappa shape index (κ3) is 3.44. The van der Waals surface area contributed by atoms with E-state index in [9.17, 15) is 22.4 Å². The largest absolute Gasteiger partial charge is 0.416 e. The quantitative estimate of drug-likeness (QED) is 0.616. The molecule has 0 aliphatic rings. The van der Waals surface area contributed by atoms with Gasteiger partial charge in [-0.15, -0.1) is 0 Å². The molecule has 1 aromatic rings. The molecule has 0 aliphatic heterocycles. The van der Waals surface area contributed by atoms with Gasteiger partial charge in [0.15, 0.2) is 0 Å². The molecule has 0 saturated carbocycles. The fourth-order valence-corrected chi connectivity index (χ4v) is 1.83. The number of benzene rings is 1. The van der Waals surface area contributed by atoms with E-state index < -0.39 is 29.0 Å². The van der Waals surface area contributed by atoms with Crippen molar-refractivity contribution in [2.24, 2.45) is 0 Å². The average molecular weight is 328 g/mol. The lowest BCUT2D eigenvalue weighted by Crippen LogP contribution is -2.29. The van der Waals surface area contributed by atoms with Gasteiger partial charge in [-0.05, 0) is 18.2 Å². The topological polar surface area (TPSA) is 20.3 Å². The molecular weight excluding hydrogens is 318 g/mol. The Labute approximate surface area is 110 Å². The van der Waals surface area contributed by atoms with E-state index in [1.807, 2.05) is 0 Å². The van der Waals surface area contributed by atoms with Crippen LogP contribution in [0.2, 0.25) is 0 Å². The summed E-state index contributed by atoms with van der Waals surface area (Å²) in [6.07, 6.45) is -4.60. The van der Waals surface area contributed by atoms with E-state index >= 15 is 0 Å². The van der Waals surface area contributed by atoms with Gasteiger partial charge >= 0.3 is 6.18 Å². The van der Waals surface area contributed by atoms with Crippen LogP contribution in [0.1, 0.15) is 15.9 Å². The van der Waals surface area contributed by atoms with Crippen molar-refractivity contribution in [1.82, 2.24) is 4.90 Å². The lowest BCUT2D eigenvalue weighted by Gasteiger charge is -2.17. The highest BCUT2D eigenvalue weighted by Crippen LogP contribution is 2.30. The molecule has 18 heavy (non-hydrogen) atoms. The summed E-state index contributed by atoms with van der Waals surface area (Å²) >= 11 is 3.09. The van der Waals surface area contributed by atoms with E-state index in [4.69, 9.17) is 0 Å². The molecule has 1 rings (SSSR count). The fourth-order valence-electron chi connectivity index (χ4n) is 1.30. The van der Waals surface area contributed by atoms with Gasteiger partial charge in [0.05, 0.1) is 11.1 Å². The maximum Gasteiger partial charge on any atom is 0.416 e. The van der Waals surface area contributed by atoms with Crippen LogP contribution in [0.4, 0.5) is 17.6 Å². The monoisotopic (exact) mass is 327 g/mol. The van der Waals surface area contributed by atoms with E-state index in [1.165, 1.54) is 7.05 Å². The summed E-state index contributed by atoms with van der Waals surface area (Å²) in [4.78, 5) is 12.9. The van der Waals surface area contributed by atoms with E-state index in [-0.39, 0.29) is 6.54 Å². The predicted octanol–water partition coefficient (Wildman–Crippen LogP) is 3.31. The molecule has 0 atom stereocenters. The zero-order valence-corrected chi connectivity index (χ0v) is 11.0. The van der Waals surface area contributed by atoms with Crippen molar-refractivity contribution in [2.45, 2.75) is 6.18 Å². The molecule has 0 radical (unpaired) electrons. The van der Waals surface area contributed by atoms with Crippen molar-refractivity contribution < 1.29 is 22.4 Å². The van der Waals surface area contributed by atoms with Crippen molar-refractivity contribution in [2.75, 3.05) is 18.9 Å². The molecular formula is C11H10BrF4NO. The molecule has 0 heterocycles. The van der Waals surface area contributed by atoms with Gasteiger partial charge in [-0.2, -0.15) is 13.2 Å². The number of halogens is 5. The maximum absolute atomic E-state index is 13.4. The Hall–Kier alpha value is -1.11. The van der Waals surface area contributed by atoms with E-state index in [0.717, 1.165) is 4.90 Å². The number of alkyl halides is 4.